The largest absolute Gasteiger partial charge is 0.289 e. The fourth-order valence-electron chi connectivity index (χ4n) is 3.10. The Labute approximate surface area is 146 Å². The Bertz CT molecular complexity index is 1160. The maximum absolute atomic E-state index is 13.2. The Morgan fingerprint density at radius 2 is 1.64 bits per heavy atom. The molecular weight excluding hydrogens is 306 g/mol. The van der Waals surface area contributed by atoms with E-state index in [1.807, 2.05) is 92.0 Å². The molecule has 0 amide bonds. The van der Waals surface area contributed by atoms with Gasteiger partial charge in [-0.25, -0.2) is 0 Å². The van der Waals surface area contributed by atoms with Crippen molar-refractivity contribution in [2.45, 2.75) is 6.92 Å². The molecule has 0 aliphatic rings. The van der Waals surface area contributed by atoms with Crippen LogP contribution >= 0.6 is 0 Å². The zero-order chi connectivity index (χ0) is 17.2. The molecule has 0 aliphatic carbocycles. The van der Waals surface area contributed by atoms with E-state index in [2.05, 4.69) is 4.98 Å². The summed E-state index contributed by atoms with van der Waals surface area (Å²) in [7, 11) is 0. The van der Waals surface area contributed by atoms with E-state index in [4.69, 9.17) is 0 Å². The second kappa shape index (κ2) is 6.33. The van der Waals surface area contributed by atoms with Crippen LogP contribution in [0, 0.1) is 0 Å². The van der Waals surface area contributed by atoms with Gasteiger partial charge in [0.1, 0.15) is 0 Å². The van der Waals surface area contributed by atoms with Gasteiger partial charge in [-0.1, -0.05) is 60.7 Å². The average molecular weight is 323 g/mol. The molecule has 0 saturated heterocycles. The number of pyridine rings is 1. The number of aromatic nitrogens is 1. The maximum atomic E-state index is 13.2. The lowest BCUT2D eigenvalue weighted by Crippen LogP contribution is -1.99. The summed E-state index contributed by atoms with van der Waals surface area (Å²) in [5.41, 5.74) is 3.77. The van der Waals surface area contributed by atoms with Crippen LogP contribution in [-0.4, -0.2) is 4.98 Å². The van der Waals surface area contributed by atoms with E-state index in [1.54, 1.807) is 0 Å². The highest BCUT2D eigenvalue weighted by Gasteiger charge is 2.06. The molecule has 0 N–H and O–H groups in total. The summed E-state index contributed by atoms with van der Waals surface area (Å²) in [6, 6.07) is 21.8. The molecule has 0 saturated carbocycles. The number of nitrogens with zero attached hydrogens (tertiary/aromatic N) is 1. The number of hydrogen-bond donors (Lipinski definition) is 0. The number of hydrogen-bond acceptors (Lipinski definition) is 2. The molecule has 3 aromatic carbocycles. The van der Waals surface area contributed by atoms with E-state index >= 15 is 0 Å². The van der Waals surface area contributed by atoms with Crippen LogP contribution in [0.15, 0.2) is 83.8 Å². The second-order valence-electron chi connectivity index (χ2n) is 6.03. The Kier molecular flexibility index (Phi) is 3.87. The number of benzene rings is 2. The van der Waals surface area contributed by atoms with Gasteiger partial charge in [-0.15, -0.1) is 0 Å². The number of allylic oxidation sites excluding steroid dienone is 1. The van der Waals surface area contributed by atoms with E-state index in [0.717, 1.165) is 27.5 Å². The van der Waals surface area contributed by atoms with Gasteiger partial charge in [0.25, 0.3) is 0 Å². The first-order chi connectivity index (χ1) is 12.3. The van der Waals surface area contributed by atoms with Gasteiger partial charge in [0.2, 0.25) is 0 Å². The fraction of sp³-hybridized carbons (Fsp3) is 0.0435. The van der Waals surface area contributed by atoms with Crippen LogP contribution in [0.2, 0.25) is 0 Å². The van der Waals surface area contributed by atoms with Crippen molar-refractivity contribution in [1.82, 2.24) is 4.98 Å². The molecular formula is C23H17NO. The fourth-order valence-corrected chi connectivity index (χ4v) is 3.10. The lowest BCUT2D eigenvalue weighted by molar-refractivity contribution is 1.41. The summed E-state index contributed by atoms with van der Waals surface area (Å²) in [6.45, 7) is 1.97. The van der Waals surface area contributed by atoms with Gasteiger partial charge in [-0.05, 0) is 41.6 Å². The molecule has 4 aromatic rings. The minimum Gasteiger partial charge on any atom is -0.289 e. The molecule has 25 heavy (non-hydrogen) atoms. The highest BCUT2D eigenvalue weighted by atomic mass is 16.1. The average Bonchev–Trinajstić information content (AvgIpc) is 2.80. The first kappa shape index (κ1) is 15.3. The van der Waals surface area contributed by atoms with E-state index in [9.17, 15) is 4.79 Å². The normalized spacial score (nSPS) is 11.4. The lowest BCUT2D eigenvalue weighted by Gasteiger charge is -2.01. The van der Waals surface area contributed by atoms with Gasteiger partial charge >= 0.3 is 0 Å². The van der Waals surface area contributed by atoms with E-state index < -0.39 is 0 Å². The standard InChI is InChI=1S/C23H17NO/c1-2-6-16-9-10-18-11-12-22-21(23(25)20(18)13-16)14-19(15-24-22)17-7-4-3-5-8-17/h2-15H,1H3. The van der Waals surface area contributed by atoms with Crippen LogP contribution in [0.3, 0.4) is 0 Å². The molecule has 4 rings (SSSR count). The smallest absolute Gasteiger partial charge is 0.195 e. The summed E-state index contributed by atoms with van der Waals surface area (Å²) in [4.78, 5) is 17.7. The van der Waals surface area contributed by atoms with Crippen molar-refractivity contribution < 1.29 is 0 Å². The summed E-state index contributed by atoms with van der Waals surface area (Å²) in [6.07, 6.45) is 5.80. The second-order valence-corrected chi connectivity index (χ2v) is 6.03. The van der Waals surface area contributed by atoms with Crippen LogP contribution in [0.1, 0.15) is 12.5 Å². The predicted octanol–water partition coefficient (Wildman–Crippen LogP) is 5.45. The van der Waals surface area contributed by atoms with E-state index in [1.165, 1.54) is 0 Å². The molecule has 120 valence electrons. The topological polar surface area (TPSA) is 30.0 Å². The summed E-state index contributed by atoms with van der Waals surface area (Å²) < 4.78 is 0. The molecule has 0 atom stereocenters. The van der Waals surface area contributed by atoms with Gasteiger partial charge in [0.15, 0.2) is 5.43 Å². The van der Waals surface area contributed by atoms with Crippen molar-refractivity contribution in [3.05, 3.63) is 94.8 Å². The molecule has 0 spiro atoms. The molecule has 0 radical (unpaired) electrons. The SMILES string of the molecule is CC=Cc1ccc2ccc3ncc(-c4ccccc4)cc3c(=O)c2c1. The third-order valence-corrected chi connectivity index (χ3v) is 4.37. The summed E-state index contributed by atoms with van der Waals surface area (Å²) in [5.74, 6) is 0. The summed E-state index contributed by atoms with van der Waals surface area (Å²) in [5, 5.41) is 2.30. The van der Waals surface area contributed by atoms with Crippen LogP contribution in [-0.2, 0) is 0 Å². The summed E-state index contributed by atoms with van der Waals surface area (Å²) >= 11 is 0. The lowest BCUT2D eigenvalue weighted by atomic mass is 10.1. The monoisotopic (exact) mass is 323 g/mol. The quantitative estimate of drug-likeness (QED) is 0.491. The highest BCUT2D eigenvalue weighted by molar-refractivity contribution is 5.94. The van der Waals surface area contributed by atoms with Crippen molar-refractivity contribution in [2.24, 2.45) is 0 Å². The Morgan fingerprint density at radius 1 is 0.840 bits per heavy atom. The van der Waals surface area contributed by atoms with Crippen molar-refractivity contribution in [3.63, 3.8) is 0 Å². The molecule has 2 heteroatoms. The molecule has 0 fully saturated rings. The molecule has 0 aliphatic heterocycles. The minimum atomic E-state index is 0.0200. The van der Waals surface area contributed by atoms with Crippen molar-refractivity contribution in [1.29, 1.82) is 0 Å². The third-order valence-electron chi connectivity index (χ3n) is 4.37. The van der Waals surface area contributed by atoms with Gasteiger partial charge < -0.3 is 0 Å². The van der Waals surface area contributed by atoms with Crippen molar-refractivity contribution in [3.8, 4) is 11.1 Å². The zero-order valence-corrected chi connectivity index (χ0v) is 13.9. The van der Waals surface area contributed by atoms with E-state index in [0.29, 0.717) is 10.9 Å². The molecule has 0 bridgehead atoms. The van der Waals surface area contributed by atoms with Crippen molar-refractivity contribution in [2.75, 3.05) is 0 Å². The van der Waals surface area contributed by atoms with Gasteiger partial charge in [-0.2, -0.15) is 0 Å². The highest BCUT2D eigenvalue weighted by Crippen LogP contribution is 2.22. The van der Waals surface area contributed by atoms with Crippen molar-refractivity contribution >= 4 is 27.8 Å². The van der Waals surface area contributed by atoms with Crippen LogP contribution in [0.4, 0.5) is 0 Å². The number of fused-ring (bicyclic) bond motifs is 2. The van der Waals surface area contributed by atoms with E-state index in [-0.39, 0.29) is 5.43 Å². The van der Waals surface area contributed by atoms with Crippen LogP contribution < -0.4 is 5.43 Å². The first-order valence-corrected chi connectivity index (χ1v) is 8.31. The van der Waals surface area contributed by atoms with Crippen LogP contribution in [0.5, 0.6) is 0 Å². The molecule has 2 nitrogen and oxygen atoms in total. The molecule has 0 unspecified atom stereocenters. The van der Waals surface area contributed by atoms with Gasteiger partial charge in [0, 0.05) is 22.5 Å². The minimum absolute atomic E-state index is 0.0200. The molecule has 1 heterocycles. The first-order valence-electron chi connectivity index (χ1n) is 8.31. The Morgan fingerprint density at radius 3 is 2.44 bits per heavy atom. The van der Waals surface area contributed by atoms with Gasteiger partial charge in [0.05, 0.1) is 5.52 Å². The van der Waals surface area contributed by atoms with Crippen LogP contribution in [0.25, 0.3) is 38.9 Å². The zero-order valence-electron chi connectivity index (χ0n) is 13.9. The van der Waals surface area contributed by atoms with Gasteiger partial charge in [-0.3, -0.25) is 9.78 Å². The Hall–Kier alpha value is -3.26. The molecule has 1 aromatic heterocycles. The number of rotatable bonds is 2. The Balaban J connectivity index is 2.05. The predicted molar refractivity (Wildman–Crippen MR) is 106 cm³/mol. The maximum Gasteiger partial charge on any atom is 0.195 e. The third kappa shape index (κ3) is 2.83.